The summed E-state index contributed by atoms with van der Waals surface area (Å²) in [6, 6.07) is 10.4. The van der Waals surface area contributed by atoms with E-state index in [-0.39, 0.29) is 17.2 Å². The first-order chi connectivity index (χ1) is 12.0. The molecule has 1 aliphatic rings. The first-order valence-corrected chi connectivity index (χ1v) is 9.76. The number of anilines is 2. The van der Waals surface area contributed by atoms with E-state index >= 15 is 0 Å². The molecule has 1 aromatic heterocycles. The first-order valence-electron chi connectivity index (χ1n) is 8.94. The van der Waals surface area contributed by atoms with Crippen molar-refractivity contribution in [3.63, 3.8) is 0 Å². The Labute approximate surface area is 153 Å². The maximum atomic E-state index is 12.5. The van der Waals surface area contributed by atoms with Gasteiger partial charge in [0.15, 0.2) is 0 Å². The highest BCUT2D eigenvalue weighted by atomic mass is 32.1. The smallest absolute Gasteiger partial charge is 0.229 e. The van der Waals surface area contributed by atoms with Crippen molar-refractivity contribution in [1.29, 1.82) is 0 Å². The standard InChI is InChI=1S/C19H26N4OS/c1-4-19(2,3)17-21-22-18(25-17)20-16(24)14-10-12-23(13-11-14)15-8-6-5-7-9-15/h5-9,14H,4,10-13H2,1-3H3,(H,20,22,24). The average Bonchev–Trinajstić information content (AvgIpc) is 3.12. The molecule has 1 aliphatic heterocycles. The molecule has 1 amide bonds. The third-order valence-electron chi connectivity index (χ3n) is 5.11. The van der Waals surface area contributed by atoms with Crippen LogP contribution < -0.4 is 10.2 Å². The summed E-state index contributed by atoms with van der Waals surface area (Å²) in [7, 11) is 0. The minimum atomic E-state index is 0.00165. The molecule has 0 radical (unpaired) electrons. The summed E-state index contributed by atoms with van der Waals surface area (Å²) in [5.74, 6) is 0.121. The van der Waals surface area contributed by atoms with Crippen molar-refractivity contribution in [3.05, 3.63) is 35.3 Å². The van der Waals surface area contributed by atoms with Crippen LogP contribution in [0.4, 0.5) is 10.8 Å². The van der Waals surface area contributed by atoms with Gasteiger partial charge >= 0.3 is 0 Å². The number of piperidine rings is 1. The maximum absolute atomic E-state index is 12.5. The zero-order valence-electron chi connectivity index (χ0n) is 15.2. The number of nitrogens with zero attached hydrogens (tertiary/aromatic N) is 3. The number of nitrogens with one attached hydrogen (secondary N) is 1. The monoisotopic (exact) mass is 358 g/mol. The number of rotatable bonds is 5. The highest BCUT2D eigenvalue weighted by Gasteiger charge is 2.27. The van der Waals surface area contributed by atoms with Gasteiger partial charge in [0, 0.05) is 30.1 Å². The Morgan fingerprint density at radius 3 is 2.56 bits per heavy atom. The van der Waals surface area contributed by atoms with Gasteiger partial charge in [-0.15, -0.1) is 10.2 Å². The molecule has 0 saturated carbocycles. The van der Waals surface area contributed by atoms with Crippen LogP contribution in [0.15, 0.2) is 30.3 Å². The summed E-state index contributed by atoms with van der Waals surface area (Å²) in [5, 5.41) is 13.0. The van der Waals surface area contributed by atoms with Crippen LogP contribution >= 0.6 is 11.3 Å². The van der Waals surface area contributed by atoms with Crippen LogP contribution in [-0.4, -0.2) is 29.2 Å². The molecule has 1 fully saturated rings. The van der Waals surface area contributed by atoms with E-state index in [1.54, 1.807) is 0 Å². The lowest BCUT2D eigenvalue weighted by Gasteiger charge is -2.32. The molecule has 1 aromatic carbocycles. The summed E-state index contributed by atoms with van der Waals surface area (Å²) in [4.78, 5) is 14.9. The highest BCUT2D eigenvalue weighted by molar-refractivity contribution is 7.15. The average molecular weight is 359 g/mol. The SMILES string of the molecule is CCC(C)(C)c1nnc(NC(=O)C2CCN(c3ccccc3)CC2)s1. The van der Waals surface area contributed by atoms with Crippen LogP contribution in [0.1, 0.15) is 45.0 Å². The minimum Gasteiger partial charge on any atom is -0.371 e. The van der Waals surface area contributed by atoms with Crippen molar-refractivity contribution in [2.45, 2.75) is 45.4 Å². The molecule has 0 bridgehead atoms. The Kier molecular flexibility index (Phi) is 5.37. The number of carbonyl (C=O) groups excluding carboxylic acids is 1. The highest BCUT2D eigenvalue weighted by Crippen LogP contribution is 2.31. The summed E-state index contributed by atoms with van der Waals surface area (Å²) < 4.78 is 0. The number of benzene rings is 1. The fourth-order valence-corrected chi connectivity index (χ4v) is 3.86. The predicted octanol–water partition coefficient (Wildman–Crippen LogP) is 4.08. The minimum absolute atomic E-state index is 0.00165. The third kappa shape index (κ3) is 4.18. The summed E-state index contributed by atoms with van der Waals surface area (Å²) in [6.45, 7) is 8.26. The van der Waals surface area contributed by atoms with Crippen LogP contribution in [-0.2, 0) is 10.2 Å². The molecule has 6 heteroatoms. The number of para-hydroxylation sites is 1. The fourth-order valence-electron chi connectivity index (χ4n) is 2.94. The molecule has 1 N–H and O–H groups in total. The Bertz CT molecular complexity index is 705. The quantitative estimate of drug-likeness (QED) is 0.875. The molecule has 134 valence electrons. The maximum Gasteiger partial charge on any atom is 0.229 e. The Morgan fingerprint density at radius 1 is 1.24 bits per heavy atom. The molecular formula is C19H26N4OS. The summed E-state index contributed by atoms with van der Waals surface area (Å²) in [5.41, 5.74) is 1.23. The third-order valence-corrected chi connectivity index (χ3v) is 6.31. The fraction of sp³-hybridized carbons (Fsp3) is 0.526. The van der Waals surface area contributed by atoms with E-state index < -0.39 is 0 Å². The van der Waals surface area contributed by atoms with Crippen LogP contribution in [0.3, 0.4) is 0 Å². The Balaban J connectivity index is 1.55. The topological polar surface area (TPSA) is 58.1 Å². The van der Waals surface area contributed by atoms with Gasteiger partial charge in [-0.05, 0) is 31.4 Å². The first kappa shape index (κ1) is 17.9. The summed E-state index contributed by atoms with van der Waals surface area (Å²) in [6.07, 6.45) is 2.73. The number of amides is 1. The van der Waals surface area contributed by atoms with Gasteiger partial charge in [0.05, 0.1) is 0 Å². The van der Waals surface area contributed by atoms with E-state index in [9.17, 15) is 4.79 Å². The molecule has 2 heterocycles. The lowest BCUT2D eigenvalue weighted by Crippen LogP contribution is -2.38. The molecule has 5 nitrogen and oxygen atoms in total. The number of hydrogen-bond acceptors (Lipinski definition) is 5. The van der Waals surface area contributed by atoms with Crippen molar-refractivity contribution in [2.24, 2.45) is 5.92 Å². The van der Waals surface area contributed by atoms with E-state index in [0.717, 1.165) is 37.4 Å². The van der Waals surface area contributed by atoms with Crippen molar-refractivity contribution in [1.82, 2.24) is 10.2 Å². The zero-order valence-corrected chi connectivity index (χ0v) is 16.0. The van der Waals surface area contributed by atoms with E-state index in [0.29, 0.717) is 5.13 Å². The van der Waals surface area contributed by atoms with Gasteiger partial charge in [0.1, 0.15) is 5.01 Å². The molecule has 0 atom stereocenters. The lowest BCUT2D eigenvalue weighted by molar-refractivity contribution is -0.120. The predicted molar refractivity (Wildman–Crippen MR) is 103 cm³/mol. The molecule has 0 spiro atoms. The normalized spacial score (nSPS) is 16.0. The molecule has 0 unspecified atom stereocenters. The van der Waals surface area contributed by atoms with E-state index in [1.165, 1.54) is 17.0 Å². The van der Waals surface area contributed by atoms with Crippen molar-refractivity contribution in [3.8, 4) is 0 Å². The van der Waals surface area contributed by atoms with E-state index in [4.69, 9.17) is 0 Å². The number of aromatic nitrogens is 2. The van der Waals surface area contributed by atoms with Crippen LogP contribution in [0.5, 0.6) is 0 Å². The molecule has 3 rings (SSSR count). The Hall–Kier alpha value is -1.95. The van der Waals surface area contributed by atoms with Gasteiger partial charge in [-0.3, -0.25) is 4.79 Å². The van der Waals surface area contributed by atoms with Gasteiger partial charge in [0.2, 0.25) is 11.0 Å². The van der Waals surface area contributed by atoms with Gasteiger partial charge in [-0.25, -0.2) is 0 Å². The molecule has 25 heavy (non-hydrogen) atoms. The van der Waals surface area contributed by atoms with E-state index in [2.05, 4.69) is 65.5 Å². The van der Waals surface area contributed by atoms with Crippen molar-refractivity contribution >= 4 is 28.1 Å². The molecule has 1 saturated heterocycles. The second kappa shape index (κ2) is 7.52. The van der Waals surface area contributed by atoms with Gasteiger partial charge < -0.3 is 10.2 Å². The molecular weight excluding hydrogens is 332 g/mol. The van der Waals surface area contributed by atoms with Crippen LogP contribution in [0.2, 0.25) is 0 Å². The van der Waals surface area contributed by atoms with Gasteiger partial charge in [-0.1, -0.05) is 50.3 Å². The Morgan fingerprint density at radius 2 is 1.92 bits per heavy atom. The largest absolute Gasteiger partial charge is 0.371 e. The van der Waals surface area contributed by atoms with Gasteiger partial charge in [-0.2, -0.15) is 0 Å². The number of carbonyl (C=O) groups is 1. The summed E-state index contributed by atoms with van der Waals surface area (Å²) >= 11 is 1.49. The second-order valence-electron chi connectivity index (χ2n) is 7.24. The number of hydrogen-bond donors (Lipinski definition) is 1. The van der Waals surface area contributed by atoms with Crippen molar-refractivity contribution < 1.29 is 4.79 Å². The van der Waals surface area contributed by atoms with Gasteiger partial charge in [0.25, 0.3) is 0 Å². The molecule has 2 aromatic rings. The lowest BCUT2D eigenvalue weighted by atomic mass is 9.91. The molecule has 0 aliphatic carbocycles. The zero-order chi connectivity index (χ0) is 17.9. The van der Waals surface area contributed by atoms with Crippen LogP contribution in [0, 0.1) is 5.92 Å². The van der Waals surface area contributed by atoms with Crippen molar-refractivity contribution in [2.75, 3.05) is 23.3 Å². The van der Waals surface area contributed by atoms with Crippen LogP contribution in [0.25, 0.3) is 0 Å². The van der Waals surface area contributed by atoms with E-state index in [1.807, 2.05) is 6.07 Å². The second-order valence-corrected chi connectivity index (χ2v) is 8.21.